The van der Waals surface area contributed by atoms with E-state index in [-0.39, 0.29) is 6.61 Å². The molecule has 0 saturated carbocycles. The summed E-state index contributed by atoms with van der Waals surface area (Å²) in [5.74, 6) is 1.85. The summed E-state index contributed by atoms with van der Waals surface area (Å²) in [6, 6.07) is 7.72. The summed E-state index contributed by atoms with van der Waals surface area (Å²) in [4.78, 5) is 4.22. The first-order valence-electron chi connectivity index (χ1n) is 6.59. The molecule has 1 aromatic heterocycles. The summed E-state index contributed by atoms with van der Waals surface area (Å²) in [5, 5.41) is 9.08. The number of pyridine rings is 1. The van der Waals surface area contributed by atoms with Crippen LogP contribution in [0.5, 0.6) is 17.4 Å². The average molecular weight is 273 g/mol. The first-order valence-corrected chi connectivity index (χ1v) is 6.59. The van der Waals surface area contributed by atoms with Crippen molar-refractivity contribution in [2.75, 3.05) is 7.11 Å². The molecule has 1 N–H and O–H groups in total. The standard InChI is InChI=1S/C16H19NO3/c1-4-12-5-6-14(15(8-12)19-3)20-16-11(2)7-13(10-18)9-17-16/h5-9,18H,4,10H2,1-3H3. The Bertz CT molecular complexity index is 596. The Labute approximate surface area is 119 Å². The van der Waals surface area contributed by atoms with Crippen LogP contribution in [-0.4, -0.2) is 17.2 Å². The second-order valence-electron chi connectivity index (χ2n) is 4.56. The van der Waals surface area contributed by atoms with Crippen LogP contribution in [-0.2, 0) is 13.0 Å². The highest BCUT2D eigenvalue weighted by Crippen LogP contribution is 2.33. The van der Waals surface area contributed by atoms with Gasteiger partial charge in [0.1, 0.15) is 0 Å². The second kappa shape index (κ2) is 6.39. The molecule has 0 unspecified atom stereocenters. The van der Waals surface area contributed by atoms with E-state index in [0.29, 0.717) is 17.4 Å². The summed E-state index contributed by atoms with van der Waals surface area (Å²) in [5.41, 5.74) is 2.83. The van der Waals surface area contributed by atoms with E-state index >= 15 is 0 Å². The Balaban J connectivity index is 2.29. The maximum absolute atomic E-state index is 9.08. The van der Waals surface area contributed by atoms with Crippen molar-refractivity contribution >= 4 is 0 Å². The van der Waals surface area contributed by atoms with Crippen LogP contribution >= 0.6 is 0 Å². The van der Waals surface area contributed by atoms with E-state index in [0.717, 1.165) is 17.5 Å². The molecule has 106 valence electrons. The molecule has 0 spiro atoms. The third-order valence-corrected chi connectivity index (χ3v) is 3.11. The van der Waals surface area contributed by atoms with Crippen molar-refractivity contribution in [1.82, 2.24) is 4.98 Å². The fraction of sp³-hybridized carbons (Fsp3) is 0.312. The number of hydrogen-bond acceptors (Lipinski definition) is 4. The molecule has 0 radical (unpaired) electrons. The number of nitrogens with zero attached hydrogens (tertiary/aromatic N) is 1. The fourth-order valence-electron chi connectivity index (χ4n) is 1.93. The highest BCUT2D eigenvalue weighted by Gasteiger charge is 2.09. The van der Waals surface area contributed by atoms with Crippen LogP contribution in [0.25, 0.3) is 0 Å². The molecule has 0 atom stereocenters. The zero-order valence-electron chi connectivity index (χ0n) is 12.0. The first kappa shape index (κ1) is 14.3. The highest BCUT2D eigenvalue weighted by molar-refractivity contribution is 5.45. The lowest BCUT2D eigenvalue weighted by Gasteiger charge is -2.12. The minimum Gasteiger partial charge on any atom is -0.493 e. The van der Waals surface area contributed by atoms with Gasteiger partial charge in [0, 0.05) is 11.8 Å². The molecule has 1 heterocycles. The first-order chi connectivity index (χ1) is 9.67. The number of aryl methyl sites for hydroxylation is 2. The summed E-state index contributed by atoms with van der Waals surface area (Å²) >= 11 is 0. The molecular weight excluding hydrogens is 254 g/mol. The average Bonchev–Trinajstić information content (AvgIpc) is 2.49. The normalized spacial score (nSPS) is 10.4. The predicted octanol–water partition coefficient (Wildman–Crippen LogP) is 3.25. The number of rotatable bonds is 5. The quantitative estimate of drug-likeness (QED) is 0.908. The molecule has 4 nitrogen and oxygen atoms in total. The van der Waals surface area contributed by atoms with Crippen molar-refractivity contribution in [3.05, 3.63) is 47.2 Å². The van der Waals surface area contributed by atoms with Crippen LogP contribution in [0.1, 0.15) is 23.6 Å². The minimum atomic E-state index is -0.0252. The maximum Gasteiger partial charge on any atom is 0.222 e. The van der Waals surface area contributed by atoms with Gasteiger partial charge in [-0.2, -0.15) is 0 Å². The molecule has 4 heteroatoms. The molecule has 1 aromatic carbocycles. The second-order valence-corrected chi connectivity index (χ2v) is 4.56. The van der Waals surface area contributed by atoms with Crippen LogP contribution in [0, 0.1) is 6.92 Å². The molecule has 0 aliphatic heterocycles. The number of aromatic nitrogens is 1. The highest BCUT2D eigenvalue weighted by atomic mass is 16.5. The van der Waals surface area contributed by atoms with E-state index in [1.165, 1.54) is 5.56 Å². The monoisotopic (exact) mass is 273 g/mol. The summed E-state index contributed by atoms with van der Waals surface area (Å²) in [6.45, 7) is 3.96. The third kappa shape index (κ3) is 3.08. The Morgan fingerprint density at radius 2 is 1.95 bits per heavy atom. The van der Waals surface area contributed by atoms with Gasteiger partial charge >= 0.3 is 0 Å². The number of hydrogen-bond donors (Lipinski definition) is 1. The van der Waals surface area contributed by atoms with E-state index in [2.05, 4.69) is 11.9 Å². The number of aliphatic hydroxyl groups excluding tert-OH is 1. The molecular formula is C16H19NO3. The largest absolute Gasteiger partial charge is 0.493 e. The van der Waals surface area contributed by atoms with Gasteiger partial charge in [-0.25, -0.2) is 4.98 Å². The van der Waals surface area contributed by atoms with Crippen molar-refractivity contribution < 1.29 is 14.6 Å². The lowest BCUT2D eigenvalue weighted by molar-refractivity contribution is 0.281. The lowest BCUT2D eigenvalue weighted by Crippen LogP contribution is -1.96. The molecule has 0 aliphatic rings. The fourth-order valence-corrected chi connectivity index (χ4v) is 1.93. The van der Waals surface area contributed by atoms with Gasteiger partial charge in [0.25, 0.3) is 0 Å². The topological polar surface area (TPSA) is 51.6 Å². The van der Waals surface area contributed by atoms with Crippen molar-refractivity contribution in [1.29, 1.82) is 0 Å². The molecule has 0 fully saturated rings. The Kier molecular flexibility index (Phi) is 4.58. The smallest absolute Gasteiger partial charge is 0.222 e. The number of ether oxygens (including phenoxy) is 2. The molecule has 2 rings (SSSR count). The van der Waals surface area contributed by atoms with Gasteiger partial charge < -0.3 is 14.6 Å². The summed E-state index contributed by atoms with van der Waals surface area (Å²) < 4.78 is 11.2. The number of benzene rings is 1. The maximum atomic E-state index is 9.08. The van der Waals surface area contributed by atoms with Crippen LogP contribution < -0.4 is 9.47 Å². The molecule has 0 aliphatic carbocycles. The van der Waals surface area contributed by atoms with Gasteiger partial charge in [0.05, 0.1) is 13.7 Å². The number of methoxy groups -OCH3 is 1. The zero-order valence-corrected chi connectivity index (χ0v) is 12.0. The van der Waals surface area contributed by atoms with Crippen molar-refractivity contribution in [2.45, 2.75) is 26.9 Å². The van der Waals surface area contributed by atoms with Gasteiger partial charge in [-0.05, 0) is 42.7 Å². The van der Waals surface area contributed by atoms with Gasteiger partial charge in [0.2, 0.25) is 5.88 Å². The van der Waals surface area contributed by atoms with E-state index < -0.39 is 0 Å². The Morgan fingerprint density at radius 3 is 2.55 bits per heavy atom. The van der Waals surface area contributed by atoms with Gasteiger partial charge in [-0.15, -0.1) is 0 Å². The third-order valence-electron chi connectivity index (χ3n) is 3.11. The molecule has 0 amide bonds. The van der Waals surface area contributed by atoms with E-state index in [1.54, 1.807) is 13.3 Å². The van der Waals surface area contributed by atoms with Crippen LogP contribution in [0.2, 0.25) is 0 Å². The molecule has 20 heavy (non-hydrogen) atoms. The minimum absolute atomic E-state index is 0.0252. The van der Waals surface area contributed by atoms with E-state index in [4.69, 9.17) is 14.6 Å². The zero-order chi connectivity index (χ0) is 14.5. The van der Waals surface area contributed by atoms with Crippen LogP contribution in [0.4, 0.5) is 0 Å². The van der Waals surface area contributed by atoms with Gasteiger partial charge in [-0.3, -0.25) is 0 Å². The molecule has 0 saturated heterocycles. The SMILES string of the molecule is CCc1ccc(Oc2ncc(CO)cc2C)c(OC)c1. The van der Waals surface area contributed by atoms with Crippen molar-refractivity contribution in [2.24, 2.45) is 0 Å². The summed E-state index contributed by atoms with van der Waals surface area (Å²) in [6.07, 6.45) is 2.55. The Morgan fingerprint density at radius 1 is 1.15 bits per heavy atom. The molecule has 2 aromatic rings. The lowest BCUT2D eigenvalue weighted by atomic mass is 10.1. The van der Waals surface area contributed by atoms with E-state index in [1.807, 2.05) is 31.2 Å². The predicted molar refractivity (Wildman–Crippen MR) is 77.3 cm³/mol. The summed E-state index contributed by atoms with van der Waals surface area (Å²) in [7, 11) is 1.62. The number of aliphatic hydroxyl groups is 1. The van der Waals surface area contributed by atoms with Gasteiger partial charge in [-0.1, -0.05) is 13.0 Å². The van der Waals surface area contributed by atoms with Gasteiger partial charge in [0.15, 0.2) is 11.5 Å². The van der Waals surface area contributed by atoms with E-state index in [9.17, 15) is 0 Å². The Hall–Kier alpha value is -2.07. The molecule has 0 bridgehead atoms. The van der Waals surface area contributed by atoms with Crippen molar-refractivity contribution in [3.8, 4) is 17.4 Å². The van der Waals surface area contributed by atoms with Crippen LogP contribution in [0.15, 0.2) is 30.5 Å². The van der Waals surface area contributed by atoms with Crippen molar-refractivity contribution in [3.63, 3.8) is 0 Å². The van der Waals surface area contributed by atoms with Crippen LogP contribution in [0.3, 0.4) is 0 Å².